The first-order valence-electron chi connectivity index (χ1n) is 9.13. The molecule has 1 rings (SSSR count). The molecule has 0 bridgehead atoms. The molecule has 0 amide bonds. The van der Waals surface area contributed by atoms with Gasteiger partial charge in [-0.25, -0.2) is 0 Å². The highest BCUT2D eigenvalue weighted by atomic mass is 16.7. The maximum atomic E-state index is 12.0. The summed E-state index contributed by atoms with van der Waals surface area (Å²) in [4.78, 5) is 46.7. The number of carbonyl (C=O) groups excluding carboxylic acids is 4. The van der Waals surface area contributed by atoms with E-state index in [2.05, 4.69) is 0 Å². The summed E-state index contributed by atoms with van der Waals surface area (Å²) in [5.74, 6) is -2.32. The van der Waals surface area contributed by atoms with E-state index in [-0.39, 0.29) is 18.4 Å². The largest absolute Gasteiger partial charge is 0.463 e. The fourth-order valence-electron chi connectivity index (χ4n) is 2.90. The van der Waals surface area contributed by atoms with Crippen LogP contribution in [0.3, 0.4) is 0 Å². The van der Waals surface area contributed by atoms with Crippen LogP contribution >= 0.6 is 0 Å². The molecular weight excluding hydrogens is 372 g/mol. The first-order valence-corrected chi connectivity index (χ1v) is 9.13. The van der Waals surface area contributed by atoms with Crippen LogP contribution in [0, 0.1) is 5.41 Å². The molecule has 1 saturated heterocycles. The monoisotopic (exact) mass is 402 g/mol. The normalized spacial score (nSPS) is 27.5. The highest BCUT2D eigenvalue weighted by Gasteiger charge is 2.50. The molecule has 1 aliphatic heterocycles. The van der Waals surface area contributed by atoms with Crippen LogP contribution in [-0.2, 0) is 42.9 Å². The van der Waals surface area contributed by atoms with Crippen LogP contribution in [0.4, 0.5) is 0 Å². The third-order valence-corrected chi connectivity index (χ3v) is 3.86. The Morgan fingerprint density at radius 1 is 0.821 bits per heavy atom. The number of esters is 4. The van der Waals surface area contributed by atoms with Crippen LogP contribution in [0.2, 0.25) is 0 Å². The summed E-state index contributed by atoms with van der Waals surface area (Å²) in [6.07, 6.45) is -4.57. The highest BCUT2D eigenvalue weighted by Crippen LogP contribution is 2.29. The lowest BCUT2D eigenvalue weighted by molar-refractivity contribution is -0.249. The molecule has 0 radical (unpaired) electrons. The van der Waals surface area contributed by atoms with E-state index >= 15 is 0 Å². The molecule has 0 aliphatic carbocycles. The number of rotatable bonds is 6. The van der Waals surface area contributed by atoms with E-state index in [0.29, 0.717) is 0 Å². The summed E-state index contributed by atoms with van der Waals surface area (Å²) in [6, 6.07) is 0. The first kappa shape index (κ1) is 23.9. The van der Waals surface area contributed by atoms with Gasteiger partial charge in [0.2, 0.25) is 0 Å². The van der Waals surface area contributed by atoms with Gasteiger partial charge in [0.25, 0.3) is 0 Å². The van der Waals surface area contributed by atoms with Gasteiger partial charge in [0.15, 0.2) is 18.3 Å². The molecule has 0 aromatic heterocycles. The Morgan fingerprint density at radius 2 is 1.29 bits per heavy atom. The molecule has 1 heterocycles. The molecule has 1 aliphatic rings. The van der Waals surface area contributed by atoms with Gasteiger partial charge in [0.05, 0.1) is 12.5 Å². The zero-order valence-electron chi connectivity index (χ0n) is 17.5. The minimum Gasteiger partial charge on any atom is -0.463 e. The second kappa shape index (κ2) is 9.86. The zero-order valence-corrected chi connectivity index (χ0v) is 17.5. The van der Waals surface area contributed by atoms with Crippen LogP contribution in [0.5, 0.6) is 0 Å². The van der Waals surface area contributed by atoms with Gasteiger partial charge < -0.3 is 23.7 Å². The Morgan fingerprint density at radius 3 is 1.75 bits per heavy atom. The average Bonchev–Trinajstić information content (AvgIpc) is 2.49. The van der Waals surface area contributed by atoms with Crippen molar-refractivity contribution in [3.8, 4) is 0 Å². The van der Waals surface area contributed by atoms with Crippen molar-refractivity contribution in [2.45, 2.75) is 85.4 Å². The predicted molar refractivity (Wildman–Crippen MR) is 96.0 cm³/mol. The minimum atomic E-state index is -1.11. The molecular formula is C19H30O9. The summed E-state index contributed by atoms with van der Waals surface area (Å²) < 4.78 is 26.9. The Balaban J connectivity index is 3.03. The molecule has 0 saturated carbocycles. The zero-order chi connectivity index (χ0) is 21.6. The summed E-state index contributed by atoms with van der Waals surface area (Å²) >= 11 is 0. The van der Waals surface area contributed by atoms with Crippen molar-refractivity contribution in [3.05, 3.63) is 0 Å². The van der Waals surface area contributed by atoms with Crippen molar-refractivity contribution in [2.24, 2.45) is 5.41 Å². The third-order valence-electron chi connectivity index (χ3n) is 3.86. The number of hydrogen-bond acceptors (Lipinski definition) is 9. The van der Waals surface area contributed by atoms with E-state index < -0.39 is 54.4 Å². The predicted octanol–water partition coefficient (Wildman–Crippen LogP) is 1.55. The first-order chi connectivity index (χ1) is 12.8. The molecule has 0 spiro atoms. The van der Waals surface area contributed by atoms with Gasteiger partial charge in [0.1, 0.15) is 12.7 Å². The SMILES string of the molecule is CC(=O)OC1C(C)OC(COC(=O)CC(C)(C)C)C(OC(C)=O)C1OC(C)=O. The van der Waals surface area contributed by atoms with Gasteiger partial charge in [-0.2, -0.15) is 0 Å². The van der Waals surface area contributed by atoms with E-state index in [1.165, 1.54) is 20.8 Å². The van der Waals surface area contributed by atoms with E-state index in [0.717, 1.165) is 0 Å². The lowest BCUT2D eigenvalue weighted by Gasteiger charge is -2.43. The van der Waals surface area contributed by atoms with Crippen molar-refractivity contribution in [3.63, 3.8) is 0 Å². The van der Waals surface area contributed by atoms with Crippen molar-refractivity contribution in [2.75, 3.05) is 6.61 Å². The number of ether oxygens (including phenoxy) is 5. The van der Waals surface area contributed by atoms with Crippen LogP contribution in [0.15, 0.2) is 0 Å². The maximum absolute atomic E-state index is 12.0. The minimum absolute atomic E-state index is 0.191. The second-order valence-electron chi connectivity index (χ2n) is 8.02. The van der Waals surface area contributed by atoms with Gasteiger partial charge in [-0.05, 0) is 12.3 Å². The Kier molecular flexibility index (Phi) is 8.41. The van der Waals surface area contributed by atoms with Crippen LogP contribution in [0.25, 0.3) is 0 Å². The van der Waals surface area contributed by atoms with Crippen molar-refractivity contribution in [1.82, 2.24) is 0 Å². The number of carbonyl (C=O) groups is 4. The van der Waals surface area contributed by atoms with Gasteiger partial charge >= 0.3 is 23.9 Å². The van der Waals surface area contributed by atoms with E-state index in [4.69, 9.17) is 23.7 Å². The van der Waals surface area contributed by atoms with Gasteiger partial charge in [-0.3, -0.25) is 19.2 Å². The lowest BCUT2D eigenvalue weighted by Crippen LogP contribution is -2.61. The highest BCUT2D eigenvalue weighted by molar-refractivity contribution is 5.70. The summed E-state index contributed by atoms with van der Waals surface area (Å²) in [5.41, 5.74) is -0.256. The van der Waals surface area contributed by atoms with Crippen molar-refractivity contribution < 1.29 is 42.9 Å². The van der Waals surface area contributed by atoms with E-state index in [1.807, 2.05) is 20.8 Å². The van der Waals surface area contributed by atoms with Crippen molar-refractivity contribution in [1.29, 1.82) is 0 Å². The molecule has 1 fully saturated rings. The molecule has 160 valence electrons. The smallest absolute Gasteiger partial charge is 0.306 e. The number of hydrogen-bond donors (Lipinski definition) is 0. The van der Waals surface area contributed by atoms with E-state index in [9.17, 15) is 19.2 Å². The molecule has 5 atom stereocenters. The summed E-state index contributed by atoms with van der Waals surface area (Å²) in [6.45, 7) is 10.7. The van der Waals surface area contributed by atoms with E-state index in [1.54, 1.807) is 6.92 Å². The fourth-order valence-corrected chi connectivity index (χ4v) is 2.90. The third kappa shape index (κ3) is 7.84. The lowest BCUT2D eigenvalue weighted by atomic mass is 9.92. The molecule has 0 aromatic carbocycles. The summed E-state index contributed by atoms with van der Waals surface area (Å²) in [7, 11) is 0. The van der Waals surface area contributed by atoms with Crippen LogP contribution in [0.1, 0.15) is 54.9 Å². The standard InChI is InChI=1S/C19H30O9/c1-10-16(26-11(2)20)18(28-13(4)22)17(27-12(3)21)14(25-10)9-24-15(23)8-19(5,6)7/h10,14,16-18H,8-9H2,1-7H3. The van der Waals surface area contributed by atoms with Gasteiger partial charge in [-0.1, -0.05) is 20.8 Å². The summed E-state index contributed by atoms with van der Waals surface area (Å²) in [5, 5.41) is 0. The van der Waals surface area contributed by atoms with Gasteiger partial charge in [0, 0.05) is 20.8 Å². The molecule has 0 N–H and O–H groups in total. The van der Waals surface area contributed by atoms with Crippen LogP contribution < -0.4 is 0 Å². The average molecular weight is 402 g/mol. The maximum Gasteiger partial charge on any atom is 0.306 e. The Hall–Kier alpha value is -2.16. The molecule has 5 unspecified atom stereocenters. The molecule has 9 heteroatoms. The van der Waals surface area contributed by atoms with Crippen LogP contribution in [-0.4, -0.2) is 61.0 Å². The Labute approximate surface area is 165 Å². The van der Waals surface area contributed by atoms with Crippen molar-refractivity contribution >= 4 is 23.9 Å². The second-order valence-corrected chi connectivity index (χ2v) is 8.02. The quantitative estimate of drug-likeness (QED) is 0.482. The fraction of sp³-hybridized carbons (Fsp3) is 0.789. The van der Waals surface area contributed by atoms with Gasteiger partial charge in [-0.15, -0.1) is 0 Å². The Bertz CT molecular complexity index is 593. The molecule has 0 aromatic rings. The molecule has 9 nitrogen and oxygen atoms in total. The molecule has 28 heavy (non-hydrogen) atoms. The topological polar surface area (TPSA) is 114 Å².